The molecule has 1 aliphatic rings. The highest BCUT2D eigenvalue weighted by molar-refractivity contribution is 7.98. The predicted molar refractivity (Wildman–Crippen MR) is 45.9 cm³/mol. The lowest BCUT2D eigenvalue weighted by Gasteiger charge is -2.06. The Morgan fingerprint density at radius 1 is 1.64 bits per heavy atom. The number of nitrogens with one attached hydrogen (secondary N) is 1. The van der Waals surface area contributed by atoms with Gasteiger partial charge in [0.25, 0.3) is 5.56 Å². The van der Waals surface area contributed by atoms with Crippen molar-refractivity contribution in [2.24, 2.45) is 7.05 Å². The summed E-state index contributed by atoms with van der Waals surface area (Å²) in [6, 6.07) is 0. The zero-order valence-corrected chi connectivity index (χ0v) is 7.20. The van der Waals surface area contributed by atoms with Gasteiger partial charge in [-0.3, -0.25) is 14.6 Å². The Morgan fingerprint density at radius 2 is 2.45 bits per heavy atom. The van der Waals surface area contributed by atoms with Crippen LogP contribution in [0.15, 0.2) is 4.79 Å². The van der Waals surface area contributed by atoms with Crippen molar-refractivity contribution in [3.8, 4) is 0 Å². The number of aryl methyl sites for hydroxylation is 1. The lowest BCUT2D eigenvalue weighted by atomic mass is 10.2. The van der Waals surface area contributed by atoms with E-state index < -0.39 is 0 Å². The third-order valence-electron chi connectivity index (χ3n) is 1.97. The first-order valence-electron chi connectivity index (χ1n) is 3.63. The summed E-state index contributed by atoms with van der Waals surface area (Å²) in [5.74, 6) is 2.05. The number of hydrogen-bond donors (Lipinski definition) is 1. The van der Waals surface area contributed by atoms with E-state index in [1.807, 2.05) is 11.8 Å². The van der Waals surface area contributed by atoms with Crippen LogP contribution in [0.25, 0.3) is 0 Å². The number of fused-ring (bicyclic) bond motifs is 1. The molecular formula is C7H10N2OS. The van der Waals surface area contributed by atoms with Crippen molar-refractivity contribution in [2.45, 2.75) is 12.2 Å². The van der Waals surface area contributed by atoms with Gasteiger partial charge in [-0.2, -0.15) is 11.8 Å². The van der Waals surface area contributed by atoms with E-state index in [0.717, 1.165) is 29.2 Å². The molecule has 0 unspecified atom stereocenters. The molecule has 2 heterocycles. The summed E-state index contributed by atoms with van der Waals surface area (Å²) in [4.78, 5) is 11.3. The minimum Gasteiger partial charge on any atom is -0.299 e. The third kappa shape index (κ3) is 1.01. The first-order chi connectivity index (χ1) is 5.29. The van der Waals surface area contributed by atoms with Gasteiger partial charge in [0.1, 0.15) is 0 Å². The van der Waals surface area contributed by atoms with Crippen LogP contribution < -0.4 is 5.56 Å². The number of thioether (sulfide) groups is 1. The molecule has 0 aliphatic carbocycles. The van der Waals surface area contributed by atoms with Crippen LogP contribution >= 0.6 is 11.8 Å². The molecule has 2 rings (SSSR count). The van der Waals surface area contributed by atoms with Gasteiger partial charge in [-0.1, -0.05) is 0 Å². The number of aromatic nitrogens is 2. The number of aromatic amines is 1. The summed E-state index contributed by atoms with van der Waals surface area (Å²) in [5.41, 5.74) is 2.26. The average molecular weight is 170 g/mol. The first-order valence-corrected chi connectivity index (χ1v) is 4.79. The Labute approximate surface area is 68.8 Å². The molecule has 1 N–H and O–H groups in total. The second-order valence-corrected chi connectivity index (χ2v) is 3.84. The van der Waals surface area contributed by atoms with Crippen molar-refractivity contribution in [2.75, 3.05) is 5.75 Å². The fourth-order valence-corrected chi connectivity index (χ4v) is 2.31. The smallest absolute Gasteiger partial charge is 0.269 e. The van der Waals surface area contributed by atoms with Gasteiger partial charge in [-0.25, -0.2) is 0 Å². The highest BCUT2D eigenvalue weighted by Crippen LogP contribution is 2.19. The van der Waals surface area contributed by atoms with Crippen LogP contribution in [0.4, 0.5) is 0 Å². The second-order valence-electron chi connectivity index (χ2n) is 2.74. The van der Waals surface area contributed by atoms with E-state index in [1.165, 1.54) is 0 Å². The van der Waals surface area contributed by atoms with Gasteiger partial charge in [-0.05, 0) is 12.2 Å². The fourth-order valence-electron chi connectivity index (χ4n) is 1.38. The standard InChI is InChI=1S/C7H10N2OS/c1-9-7(10)5-2-3-11-4-6(5)8-9/h8H,2-4H2,1H3. The summed E-state index contributed by atoms with van der Waals surface area (Å²) < 4.78 is 1.57. The van der Waals surface area contributed by atoms with E-state index in [1.54, 1.807) is 11.7 Å². The molecule has 0 amide bonds. The SMILES string of the molecule is Cn1[nH]c2c(c1=O)CCSC2. The van der Waals surface area contributed by atoms with E-state index in [4.69, 9.17) is 0 Å². The topological polar surface area (TPSA) is 37.8 Å². The van der Waals surface area contributed by atoms with Crippen LogP contribution in [0.1, 0.15) is 11.3 Å². The van der Waals surface area contributed by atoms with Crippen molar-refractivity contribution < 1.29 is 0 Å². The first kappa shape index (κ1) is 7.03. The predicted octanol–water partition coefficient (Wildman–Crippen LogP) is 0.503. The highest BCUT2D eigenvalue weighted by Gasteiger charge is 2.15. The van der Waals surface area contributed by atoms with E-state index in [9.17, 15) is 4.79 Å². The Hall–Kier alpha value is -0.640. The molecule has 3 nitrogen and oxygen atoms in total. The minimum atomic E-state index is 0.153. The third-order valence-corrected chi connectivity index (χ3v) is 2.96. The summed E-state index contributed by atoms with van der Waals surface area (Å²) >= 11 is 1.88. The lowest BCUT2D eigenvalue weighted by molar-refractivity contribution is 0.729. The molecule has 0 saturated carbocycles. The van der Waals surface area contributed by atoms with Gasteiger partial charge in [-0.15, -0.1) is 0 Å². The molecule has 11 heavy (non-hydrogen) atoms. The van der Waals surface area contributed by atoms with Gasteiger partial charge in [0.05, 0.1) is 5.69 Å². The maximum atomic E-state index is 11.3. The highest BCUT2D eigenvalue weighted by atomic mass is 32.2. The van der Waals surface area contributed by atoms with Crippen molar-refractivity contribution in [3.05, 3.63) is 21.6 Å². The number of rotatable bonds is 0. The Bertz CT molecular complexity index is 326. The second kappa shape index (κ2) is 2.44. The quantitative estimate of drug-likeness (QED) is 0.615. The molecule has 0 saturated heterocycles. The monoisotopic (exact) mass is 170 g/mol. The summed E-state index contributed by atoms with van der Waals surface area (Å²) in [5, 5.41) is 3.05. The van der Waals surface area contributed by atoms with Crippen molar-refractivity contribution in [1.82, 2.24) is 9.78 Å². The largest absolute Gasteiger partial charge is 0.299 e. The Balaban J connectivity index is 2.59. The molecule has 1 aromatic rings. The summed E-state index contributed by atoms with van der Waals surface area (Å²) in [7, 11) is 1.77. The number of H-pyrrole nitrogens is 1. The maximum absolute atomic E-state index is 11.3. The molecule has 0 atom stereocenters. The number of nitrogens with zero attached hydrogens (tertiary/aromatic N) is 1. The molecule has 0 spiro atoms. The molecule has 4 heteroatoms. The molecular weight excluding hydrogens is 160 g/mol. The minimum absolute atomic E-state index is 0.153. The van der Waals surface area contributed by atoms with E-state index in [2.05, 4.69) is 5.10 Å². The van der Waals surface area contributed by atoms with Crippen LogP contribution in [0.3, 0.4) is 0 Å². The Morgan fingerprint density at radius 3 is 3.18 bits per heavy atom. The van der Waals surface area contributed by atoms with Crippen LogP contribution in [0.5, 0.6) is 0 Å². The molecule has 1 aromatic heterocycles. The van der Waals surface area contributed by atoms with Crippen LogP contribution in [-0.2, 0) is 19.2 Å². The lowest BCUT2D eigenvalue weighted by Crippen LogP contribution is -2.16. The molecule has 1 aliphatic heterocycles. The van der Waals surface area contributed by atoms with Crippen LogP contribution in [-0.4, -0.2) is 15.5 Å². The van der Waals surface area contributed by atoms with Gasteiger partial charge in [0, 0.05) is 18.4 Å². The van der Waals surface area contributed by atoms with Gasteiger partial charge in [0.2, 0.25) is 0 Å². The van der Waals surface area contributed by atoms with Gasteiger partial charge in [0.15, 0.2) is 0 Å². The summed E-state index contributed by atoms with van der Waals surface area (Å²) in [6.45, 7) is 0. The molecule has 0 bridgehead atoms. The Kier molecular flexibility index (Phi) is 1.56. The number of hydrogen-bond acceptors (Lipinski definition) is 2. The molecule has 0 aromatic carbocycles. The van der Waals surface area contributed by atoms with Crippen LogP contribution in [0.2, 0.25) is 0 Å². The van der Waals surface area contributed by atoms with E-state index in [0.29, 0.717) is 0 Å². The maximum Gasteiger partial charge on any atom is 0.269 e. The summed E-state index contributed by atoms with van der Waals surface area (Å²) in [6.07, 6.45) is 0.927. The van der Waals surface area contributed by atoms with Crippen LogP contribution in [0, 0.1) is 0 Å². The molecule has 0 fully saturated rings. The molecule has 0 radical (unpaired) electrons. The zero-order valence-electron chi connectivity index (χ0n) is 6.39. The fraction of sp³-hybridized carbons (Fsp3) is 0.571. The van der Waals surface area contributed by atoms with E-state index in [-0.39, 0.29) is 5.56 Å². The average Bonchev–Trinajstić information content (AvgIpc) is 2.30. The normalized spacial score (nSPS) is 16.5. The van der Waals surface area contributed by atoms with Gasteiger partial charge >= 0.3 is 0 Å². The molecule has 60 valence electrons. The van der Waals surface area contributed by atoms with Crippen molar-refractivity contribution in [1.29, 1.82) is 0 Å². The van der Waals surface area contributed by atoms with Gasteiger partial charge < -0.3 is 0 Å². The van der Waals surface area contributed by atoms with Crippen molar-refractivity contribution >= 4 is 11.8 Å². The van der Waals surface area contributed by atoms with Crippen molar-refractivity contribution in [3.63, 3.8) is 0 Å². The zero-order chi connectivity index (χ0) is 7.84. The van der Waals surface area contributed by atoms with E-state index >= 15 is 0 Å².